The van der Waals surface area contributed by atoms with E-state index in [1.165, 1.54) is 6.92 Å². The van der Waals surface area contributed by atoms with Crippen molar-refractivity contribution in [1.82, 2.24) is 0 Å². The van der Waals surface area contributed by atoms with Crippen LogP contribution in [-0.2, 0) is 0 Å². The first kappa shape index (κ1) is 13.8. The van der Waals surface area contributed by atoms with Crippen molar-refractivity contribution in [3.63, 3.8) is 0 Å². The van der Waals surface area contributed by atoms with Gasteiger partial charge >= 0.3 is 0 Å². The lowest BCUT2D eigenvalue weighted by Gasteiger charge is -2.08. The summed E-state index contributed by atoms with van der Waals surface area (Å²) < 4.78 is 0. The van der Waals surface area contributed by atoms with Gasteiger partial charge in [-0.25, -0.2) is 0 Å². The molecule has 0 aliphatic rings. The zero-order chi connectivity index (χ0) is 14.7. The maximum Gasteiger partial charge on any atom is 0.255 e. The summed E-state index contributed by atoms with van der Waals surface area (Å²) in [5, 5.41) is 2.79. The minimum absolute atomic E-state index is 0.00254. The Labute approximate surface area is 117 Å². The molecule has 4 heteroatoms. The molecule has 0 spiro atoms. The Morgan fingerprint density at radius 3 is 2.25 bits per heavy atom. The number of rotatable bonds is 3. The summed E-state index contributed by atoms with van der Waals surface area (Å²) in [5.41, 5.74) is 8.96. The first-order valence-electron chi connectivity index (χ1n) is 6.26. The maximum absolute atomic E-state index is 12.1. The van der Waals surface area contributed by atoms with Crippen molar-refractivity contribution in [1.29, 1.82) is 0 Å². The molecule has 2 rings (SSSR count). The number of ketones is 1. The van der Waals surface area contributed by atoms with E-state index in [0.717, 1.165) is 5.56 Å². The molecule has 0 fully saturated rings. The van der Waals surface area contributed by atoms with Crippen LogP contribution < -0.4 is 11.1 Å². The number of nitrogen functional groups attached to an aromatic ring is 1. The molecule has 0 radical (unpaired) electrons. The molecule has 4 nitrogen and oxygen atoms in total. The molecule has 0 aromatic heterocycles. The molecule has 0 heterocycles. The van der Waals surface area contributed by atoms with E-state index in [4.69, 9.17) is 5.73 Å². The smallest absolute Gasteiger partial charge is 0.255 e. The number of aryl methyl sites for hydroxylation is 1. The molecule has 0 bridgehead atoms. The second-order valence-electron chi connectivity index (χ2n) is 4.66. The summed E-state index contributed by atoms with van der Waals surface area (Å²) >= 11 is 0. The standard InChI is InChI=1S/C16H16N2O2/c1-10-9-13(17)5-8-15(10)16(20)18-14-6-3-12(4-7-14)11(2)19/h3-9H,17H2,1-2H3,(H,18,20). The fourth-order valence-electron chi connectivity index (χ4n) is 1.93. The van der Waals surface area contributed by atoms with E-state index in [9.17, 15) is 9.59 Å². The van der Waals surface area contributed by atoms with Crippen LogP contribution in [0.3, 0.4) is 0 Å². The van der Waals surface area contributed by atoms with Gasteiger partial charge in [-0.3, -0.25) is 9.59 Å². The van der Waals surface area contributed by atoms with Crippen molar-refractivity contribution >= 4 is 23.1 Å². The second kappa shape index (κ2) is 5.57. The quantitative estimate of drug-likeness (QED) is 0.664. The van der Waals surface area contributed by atoms with Crippen LogP contribution >= 0.6 is 0 Å². The van der Waals surface area contributed by atoms with Crippen molar-refractivity contribution in [2.75, 3.05) is 11.1 Å². The predicted molar refractivity (Wildman–Crippen MR) is 80.0 cm³/mol. The topological polar surface area (TPSA) is 72.2 Å². The van der Waals surface area contributed by atoms with Crippen LogP contribution in [0.2, 0.25) is 0 Å². The number of anilines is 2. The number of carbonyl (C=O) groups excluding carboxylic acids is 2. The minimum Gasteiger partial charge on any atom is -0.399 e. The zero-order valence-corrected chi connectivity index (χ0v) is 11.4. The van der Waals surface area contributed by atoms with Crippen molar-refractivity contribution in [2.45, 2.75) is 13.8 Å². The third-order valence-electron chi connectivity index (χ3n) is 3.04. The predicted octanol–water partition coefficient (Wildman–Crippen LogP) is 3.03. The lowest BCUT2D eigenvalue weighted by atomic mass is 10.1. The molecular weight excluding hydrogens is 252 g/mol. The first-order chi connectivity index (χ1) is 9.47. The first-order valence-corrected chi connectivity index (χ1v) is 6.26. The molecule has 3 N–H and O–H groups in total. The highest BCUT2D eigenvalue weighted by atomic mass is 16.1. The molecule has 0 aliphatic heterocycles. The fourth-order valence-corrected chi connectivity index (χ4v) is 1.93. The highest BCUT2D eigenvalue weighted by Gasteiger charge is 2.09. The van der Waals surface area contributed by atoms with E-state index < -0.39 is 0 Å². The van der Waals surface area contributed by atoms with Gasteiger partial charge in [0.05, 0.1) is 0 Å². The number of carbonyl (C=O) groups is 2. The van der Waals surface area contributed by atoms with Gasteiger partial charge in [0.2, 0.25) is 0 Å². The van der Waals surface area contributed by atoms with E-state index >= 15 is 0 Å². The van der Waals surface area contributed by atoms with Gasteiger partial charge in [0.25, 0.3) is 5.91 Å². The van der Waals surface area contributed by atoms with E-state index in [-0.39, 0.29) is 11.7 Å². The summed E-state index contributed by atoms with van der Waals surface area (Å²) in [6.07, 6.45) is 0. The van der Waals surface area contributed by atoms with Gasteiger partial charge in [-0.2, -0.15) is 0 Å². The molecule has 0 aliphatic carbocycles. The van der Waals surface area contributed by atoms with Gasteiger partial charge in [0, 0.05) is 22.5 Å². The van der Waals surface area contributed by atoms with Crippen molar-refractivity contribution in [3.05, 3.63) is 59.2 Å². The summed E-state index contributed by atoms with van der Waals surface area (Å²) in [7, 11) is 0. The van der Waals surface area contributed by atoms with Crippen LogP contribution in [-0.4, -0.2) is 11.7 Å². The third kappa shape index (κ3) is 3.03. The van der Waals surface area contributed by atoms with E-state index in [2.05, 4.69) is 5.32 Å². The normalized spacial score (nSPS) is 10.1. The number of amides is 1. The number of nitrogens with two attached hydrogens (primary N) is 1. The molecule has 0 saturated heterocycles. The third-order valence-corrected chi connectivity index (χ3v) is 3.04. The Hall–Kier alpha value is -2.62. The second-order valence-corrected chi connectivity index (χ2v) is 4.66. The van der Waals surface area contributed by atoms with Gasteiger partial charge in [-0.1, -0.05) is 0 Å². The molecule has 1 amide bonds. The fraction of sp³-hybridized carbons (Fsp3) is 0.125. The molecule has 20 heavy (non-hydrogen) atoms. The molecule has 0 unspecified atom stereocenters. The van der Waals surface area contributed by atoms with Gasteiger partial charge in [-0.05, 0) is 61.9 Å². The van der Waals surface area contributed by atoms with Crippen molar-refractivity contribution in [2.24, 2.45) is 0 Å². The average Bonchev–Trinajstić information content (AvgIpc) is 2.39. The zero-order valence-electron chi connectivity index (χ0n) is 11.4. The van der Waals surface area contributed by atoms with E-state index in [1.54, 1.807) is 42.5 Å². The van der Waals surface area contributed by atoms with Crippen LogP contribution in [0.5, 0.6) is 0 Å². The Morgan fingerprint density at radius 2 is 1.70 bits per heavy atom. The molecule has 102 valence electrons. The SMILES string of the molecule is CC(=O)c1ccc(NC(=O)c2ccc(N)cc2C)cc1. The van der Waals surface area contributed by atoms with Crippen molar-refractivity contribution < 1.29 is 9.59 Å². The molecule has 2 aromatic rings. The van der Waals surface area contributed by atoms with Gasteiger partial charge in [-0.15, -0.1) is 0 Å². The Morgan fingerprint density at radius 1 is 1.05 bits per heavy atom. The van der Waals surface area contributed by atoms with Crippen LogP contribution in [0.4, 0.5) is 11.4 Å². The lowest BCUT2D eigenvalue weighted by molar-refractivity contribution is 0.101. The summed E-state index contributed by atoms with van der Waals surface area (Å²) in [4.78, 5) is 23.3. The van der Waals surface area contributed by atoms with E-state index in [0.29, 0.717) is 22.5 Å². The van der Waals surface area contributed by atoms with E-state index in [1.807, 2.05) is 6.92 Å². The minimum atomic E-state index is -0.196. The molecule has 2 aromatic carbocycles. The molecule has 0 atom stereocenters. The monoisotopic (exact) mass is 268 g/mol. The van der Waals surface area contributed by atoms with Crippen LogP contribution in [0, 0.1) is 6.92 Å². The number of benzene rings is 2. The summed E-state index contributed by atoms with van der Waals surface area (Å²) in [6, 6.07) is 11.9. The number of nitrogens with one attached hydrogen (secondary N) is 1. The number of Topliss-reactive ketones (excluding diaryl/α,β-unsaturated/α-hetero) is 1. The van der Waals surface area contributed by atoms with Gasteiger partial charge in [0.15, 0.2) is 5.78 Å². The lowest BCUT2D eigenvalue weighted by Crippen LogP contribution is -2.13. The number of hydrogen-bond acceptors (Lipinski definition) is 3. The largest absolute Gasteiger partial charge is 0.399 e. The Bertz CT molecular complexity index is 661. The molecular formula is C16H16N2O2. The van der Waals surface area contributed by atoms with Crippen molar-refractivity contribution in [3.8, 4) is 0 Å². The highest BCUT2D eigenvalue weighted by Crippen LogP contribution is 2.16. The maximum atomic E-state index is 12.1. The van der Waals surface area contributed by atoms with Crippen LogP contribution in [0.1, 0.15) is 33.2 Å². The van der Waals surface area contributed by atoms with Crippen LogP contribution in [0.25, 0.3) is 0 Å². The van der Waals surface area contributed by atoms with Crippen LogP contribution in [0.15, 0.2) is 42.5 Å². The molecule has 0 saturated carbocycles. The summed E-state index contributed by atoms with van der Waals surface area (Å²) in [5.74, 6) is -0.199. The van der Waals surface area contributed by atoms with Gasteiger partial charge in [0.1, 0.15) is 0 Å². The highest BCUT2D eigenvalue weighted by molar-refractivity contribution is 6.05. The summed E-state index contributed by atoms with van der Waals surface area (Å²) in [6.45, 7) is 3.34. The Kier molecular flexibility index (Phi) is 3.84. The number of hydrogen-bond donors (Lipinski definition) is 2. The van der Waals surface area contributed by atoms with Gasteiger partial charge < -0.3 is 11.1 Å². The average molecular weight is 268 g/mol. The Balaban J connectivity index is 2.17.